The third kappa shape index (κ3) is 3.70. The summed E-state index contributed by atoms with van der Waals surface area (Å²) in [6, 6.07) is 0. The van der Waals surface area contributed by atoms with Gasteiger partial charge < -0.3 is 14.2 Å². The van der Waals surface area contributed by atoms with Crippen molar-refractivity contribution < 1.29 is 14.2 Å². The van der Waals surface area contributed by atoms with Crippen molar-refractivity contribution in [3.05, 3.63) is 0 Å². The second-order valence-electron chi connectivity index (χ2n) is 2.32. The largest absolute Gasteiger partial charge is 0.376 e. The van der Waals surface area contributed by atoms with Crippen molar-refractivity contribution in [1.29, 1.82) is 0 Å². The maximum atomic E-state index is 5.38. The van der Waals surface area contributed by atoms with E-state index in [0.717, 1.165) is 13.2 Å². The molecule has 0 aliphatic carbocycles. The molecule has 1 heterocycles. The highest BCUT2D eigenvalue weighted by Gasteiger charge is 2.21. The molecule has 0 bridgehead atoms. The van der Waals surface area contributed by atoms with Gasteiger partial charge >= 0.3 is 0 Å². The molecule has 3 heteroatoms. The van der Waals surface area contributed by atoms with Gasteiger partial charge in [0.05, 0.1) is 13.2 Å². The fourth-order valence-corrected chi connectivity index (χ4v) is 0.838. The molecule has 1 aliphatic rings. The van der Waals surface area contributed by atoms with Crippen molar-refractivity contribution in [3.8, 4) is 0 Å². The normalized spacial score (nSPS) is 20.2. The molecule has 0 amide bonds. The van der Waals surface area contributed by atoms with E-state index in [9.17, 15) is 0 Å². The van der Waals surface area contributed by atoms with Crippen LogP contribution in [0.5, 0.6) is 0 Å². The highest BCUT2D eigenvalue weighted by Crippen LogP contribution is 2.08. The summed E-state index contributed by atoms with van der Waals surface area (Å²) in [6.45, 7) is 6.00. The molecular weight excluding hydrogens is 144 g/mol. The molecule has 0 aromatic heterocycles. The molecular formula is C8H18O3. The summed E-state index contributed by atoms with van der Waals surface area (Å²) in [5.41, 5.74) is 0. The molecule has 11 heavy (non-hydrogen) atoms. The molecule has 0 radical (unpaired) electrons. The van der Waals surface area contributed by atoms with Gasteiger partial charge in [0.15, 0.2) is 6.29 Å². The van der Waals surface area contributed by atoms with Crippen LogP contribution in [0.3, 0.4) is 0 Å². The highest BCUT2D eigenvalue weighted by molar-refractivity contribution is 4.64. The third-order valence-corrected chi connectivity index (χ3v) is 1.39. The molecule has 3 nitrogen and oxygen atoms in total. The Morgan fingerprint density at radius 3 is 2.55 bits per heavy atom. The van der Waals surface area contributed by atoms with Crippen LogP contribution in [-0.4, -0.2) is 32.2 Å². The number of hydrogen-bond donors (Lipinski definition) is 0. The summed E-state index contributed by atoms with van der Waals surface area (Å²) in [5, 5.41) is 0. The van der Waals surface area contributed by atoms with E-state index in [2.05, 4.69) is 0 Å². The van der Waals surface area contributed by atoms with Crippen LogP contribution in [-0.2, 0) is 14.2 Å². The third-order valence-electron chi connectivity index (χ3n) is 1.39. The summed E-state index contributed by atoms with van der Waals surface area (Å²) in [7, 11) is 0. The lowest BCUT2D eigenvalue weighted by atomic mass is 10.3. The summed E-state index contributed by atoms with van der Waals surface area (Å²) in [5.74, 6) is 0. The zero-order valence-corrected chi connectivity index (χ0v) is 6.50. The molecule has 0 spiro atoms. The van der Waals surface area contributed by atoms with E-state index in [4.69, 9.17) is 14.2 Å². The Bertz CT molecular complexity index is 91.3. The Morgan fingerprint density at radius 1 is 1.55 bits per heavy atom. The van der Waals surface area contributed by atoms with E-state index < -0.39 is 0 Å². The van der Waals surface area contributed by atoms with Gasteiger partial charge in [-0.15, -0.1) is 0 Å². The molecule has 68 valence electrons. The standard InChI is InChI=1S/C7H14O3.CH4/c1-3-9-6(2)10-7-4-8-5-7;/h6-7H,3-5H2,1-2H3;1H4. The lowest BCUT2D eigenvalue weighted by Crippen LogP contribution is -2.39. The monoisotopic (exact) mass is 162 g/mol. The predicted octanol–water partition coefficient (Wildman–Crippen LogP) is 1.42. The zero-order valence-electron chi connectivity index (χ0n) is 6.50. The van der Waals surface area contributed by atoms with Crippen LogP contribution in [0.2, 0.25) is 0 Å². The Labute approximate surface area is 68.6 Å². The fourth-order valence-electron chi connectivity index (χ4n) is 0.838. The molecule has 1 atom stereocenters. The maximum Gasteiger partial charge on any atom is 0.155 e. The lowest BCUT2D eigenvalue weighted by molar-refractivity contribution is -0.220. The van der Waals surface area contributed by atoms with E-state index in [1.807, 2.05) is 13.8 Å². The summed E-state index contributed by atoms with van der Waals surface area (Å²) >= 11 is 0. The highest BCUT2D eigenvalue weighted by atomic mass is 16.7. The first-order valence-electron chi connectivity index (χ1n) is 3.67. The average Bonchev–Trinajstić information content (AvgIpc) is 1.80. The predicted molar refractivity (Wildman–Crippen MR) is 43.5 cm³/mol. The van der Waals surface area contributed by atoms with Crippen molar-refractivity contribution in [3.63, 3.8) is 0 Å². The minimum Gasteiger partial charge on any atom is -0.376 e. The Kier molecular flexibility index (Phi) is 5.46. The Balaban J connectivity index is 0.000001000. The first kappa shape index (κ1) is 10.9. The van der Waals surface area contributed by atoms with Crippen molar-refractivity contribution >= 4 is 0 Å². The molecule has 1 fully saturated rings. The van der Waals surface area contributed by atoms with Crippen LogP contribution < -0.4 is 0 Å². The molecule has 0 saturated carbocycles. The Morgan fingerprint density at radius 2 is 2.18 bits per heavy atom. The van der Waals surface area contributed by atoms with Gasteiger partial charge in [0, 0.05) is 6.61 Å². The SMILES string of the molecule is C.CCOC(C)OC1COC1. The van der Waals surface area contributed by atoms with E-state index in [1.54, 1.807) is 0 Å². The molecule has 1 rings (SSSR count). The summed E-state index contributed by atoms with van der Waals surface area (Å²) in [6.07, 6.45) is 0.181. The number of hydrogen-bond acceptors (Lipinski definition) is 3. The van der Waals surface area contributed by atoms with Gasteiger partial charge in [-0.3, -0.25) is 0 Å². The van der Waals surface area contributed by atoms with Crippen molar-refractivity contribution in [2.75, 3.05) is 19.8 Å². The van der Waals surface area contributed by atoms with Crippen LogP contribution >= 0.6 is 0 Å². The van der Waals surface area contributed by atoms with Crippen molar-refractivity contribution in [1.82, 2.24) is 0 Å². The first-order chi connectivity index (χ1) is 4.83. The van der Waals surface area contributed by atoms with E-state index >= 15 is 0 Å². The molecule has 1 saturated heterocycles. The second-order valence-corrected chi connectivity index (χ2v) is 2.32. The topological polar surface area (TPSA) is 27.7 Å². The van der Waals surface area contributed by atoms with Gasteiger partial charge in [0.25, 0.3) is 0 Å². The van der Waals surface area contributed by atoms with Crippen molar-refractivity contribution in [2.45, 2.75) is 33.7 Å². The first-order valence-corrected chi connectivity index (χ1v) is 3.67. The maximum absolute atomic E-state index is 5.38. The van der Waals surface area contributed by atoms with Crippen molar-refractivity contribution in [2.24, 2.45) is 0 Å². The average molecular weight is 162 g/mol. The fraction of sp³-hybridized carbons (Fsp3) is 1.00. The smallest absolute Gasteiger partial charge is 0.155 e. The minimum atomic E-state index is -0.0844. The van der Waals surface area contributed by atoms with E-state index in [-0.39, 0.29) is 19.8 Å². The van der Waals surface area contributed by atoms with Gasteiger partial charge in [-0.2, -0.15) is 0 Å². The van der Waals surface area contributed by atoms with Gasteiger partial charge in [-0.1, -0.05) is 7.43 Å². The van der Waals surface area contributed by atoms with Gasteiger partial charge in [-0.25, -0.2) is 0 Å². The molecule has 0 N–H and O–H groups in total. The van der Waals surface area contributed by atoms with Gasteiger partial charge in [-0.05, 0) is 13.8 Å². The van der Waals surface area contributed by atoms with Gasteiger partial charge in [0.1, 0.15) is 6.10 Å². The number of ether oxygens (including phenoxy) is 3. The molecule has 0 aromatic rings. The van der Waals surface area contributed by atoms with Crippen LogP contribution in [0.25, 0.3) is 0 Å². The second kappa shape index (κ2) is 5.52. The molecule has 1 aliphatic heterocycles. The van der Waals surface area contributed by atoms with Crippen LogP contribution in [0, 0.1) is 0 Å². The van der Waals surface area contributed by atoms with Crippen LogP contribution in [0.15, 0.2) is 0 Å². The molecule has 1 unspecified atom stereocenters. The van der Waals surface area contributed by atoms with Gasteiger partial charge in [0.2, 0.25) is 0 Å². The number of rotatable bonds is 4. The molecule has 0 aromatic carbocycles. The van der Waals surface area contributed by atoms with E-state index in [0.29, 0.717) is 6.61 Å². The summed E-state index contributed by atoms with van der Waals surface area (Å²) in [4.78, 5) is 0. The lowest BCUT2D eigenvalue weighted by Gasteiger charge is -2.28. The quantitative estimate of drug-likeness (QED) is 0.585. The van der Waals surface area contributed by atoms with Crippen LogP contribution in [0.1, 0.15) is 21.3 Å². The van der Waals surface area contributed by atoms with Crippen LogP contribution in [0.4, 0.5) is 0 Å². The minimum absolute atomic E-state index is 0. The summed E-state index contributed by atoms with van der Waals surface area (Å²) < 4.78 is 15.5. The Hall–Kier alpha value is -0.120. The van der Waals surface area contributed by atoms with E-state index in [1.165, 1.54) is 0 Å². The zero-order chi connectivity index (χ0) is 7.40.